The van der Waals surface area contributed by atoms with Gasteiger partial charge in [-0.3, -0.25) is 4.90 Å². The summed E-state index contributed by atoms with van der Waals surface area (Å²) in [5, 5.41) is 10.4. The number of piperidine rings is 1. The number of rotatable bonds is 8. The third-order valence-electron chi connectivity index (χ3n) is 6.09. The standard InChI is InChI=1S/C24H26Cl2FNO4.ClH/c1-31-13-22(15-7-16(25)9-17(26)8-15)28-6-2-3-18(12-28)32-23-11-21(27)20(24(29)30)10-19(23)14-4-5-14;/h7-11,14,18,22H,2-6,12-13H2,1H3,(H,29,30);1H/t18-,22+;/m1./s1. The van der Waals surface area contributed by atoms with Gasteiger partial charge in [-0.25, -0.2) is 9.18 Å². The molecule has 2 aromatic rings. The second kappa shape index (κ2) is 11.2. The highest BCUT2D eigenvalue weighted by Gasteiger charge is 2.32. The molecule has 0 unspecified atom stereocenters. The molecule has 2 fully saturated rings. The van der Waals surface area contributed by atoms with Gasteiger partial charge in [0.25, 0.3) is 0 Å². The lowest BCUT2D eigenvalue weighted by molar-refractivity contribution is 0.0284. The monoisotopic (exact) mass is 517 g/mol. The predicted molar refractivity (Wildman–Crippen MR) is 129 cm³/mol. The Morgan fingerprint density at radius 3 is 2.48 bits per heavy atom. The minimum absolute atomic E-state index is 0. The van der Waals surface area contributed by atoms with E-state index in [9.17, 15) is 14.3 Å². The van der Waals surface area contributed by atoms with Crippen LogP contribution in [0.2, 0.25) is 10.0 Å². The minimum atomic E-state index is -1.26. The molecule has 1 heterocycles. The third kappa shape index (κ3) is 6.31. The summed E-state index contributed by atoms with van der Waals surface area (Å²) < 4.78 is 26.2. The number of carbonyl (C=O) groups is 1. The maximum atomic E-state index is 14.4. The first-order valence-corrected chi connectivity index (χ1v) is 11.5. The van der Waals surface area contributed by atoms with Crippen molar-refractivity contribution in [3.63, 3.8) is 0 Å². The highest BCUT2D eigenvalue weighted by atomic mass is 35.5. The number of carboxylic acid groups (broad SMARTS) is 1. The van der Waals surface area contributed by atoms with Gasteiger partial charge in [0.1, 0.15) is 17.7 Å². The van der Waals surface area contributed by atoms with Crippen molar-refractivity contribution in [2.75, 3.05) is 26.8 Å². The number of ether oxygens (including phenoxy) is 2. The molecule has 1 saturated heterocycles. The Morgan fingerprint density at radius 1 is 1.18 bits per heavy atom. The number of carboxylic acids is 1. The summed E-state index contributed by atoms with van der Waals surface area (Å²) in [7, 11) is 1.66. The van der Waals surface area contributed by atoms with Crippen LogP contribution in [0, 0.1) is 5.82 Å². The molecule has 9 heteroatoms. The average molecular weight is 519 g/mol. The lowest BCUT2D eigenvalue weighted by Gasteiger charge is -2.38. The molecule has 1 N–H and O–H groups in total. The molecule has 0 spiro atoms. The first-order chi connectivity index (χ1) is 15.4. The van der Waals surface area contributed by atoms with Crippen molar-refractivity contribution < 1.29 is 23.8 Å². The molecule has 1 aliphatic heterocycles. The van der Waals surface area contributed by atoms with Gasteiger partial charge in [0.2, 0.25) is 0 Å². The summed E-state index contributed by atoms with van der Waals surface area (Å²) in [5.41, 5.74) is 1.46. The summed E-state index contributed by atoms with van der Waals surface area (Å²) in [6, 6.07) is 8.12. The molecule has 33 heavy (non-hydrogen) atoms. The number of methoxy groups -OCH3 is 1. The first-order valence-electron chi connectivity index (χ1n) is 10.8. The van der Waals surface area contributed by atoms with E-state index in [1.54, 1.807) is 13.2 Å². The van der Waals surface area contributed by atoms with Crippen LogP contribution in [0.4, 0.5) is 4.39 Å². The first kappa shape index (κ1) is 26.0. The van der Waals surface area contributed by atoms with Gasteiger partial charge in [0, 0.05) is 29.8 Å². The maximum absolute atomic E-state index is 14.4. The molecular formula is C24H27Cl3FNO4. The van der Waals surface area contributed by atoms with Gasteiger partial charge in [-0.05, 0) is 73.5 Å². The fourth-order valence-corrected chi connectivity index (χ4v) is 4.96. The highest BCUT2D eigenvalue weighted by molar-refractivity contribution is 6.34. The fraction of sp³-hybridized carbons (Fsp3) is 0.458. The fourth-order valence-electron chi connectivity index (χ4n) is 4.41. The average Bonchev–Trinajstić information content (AvgIpc) is 3.56. The van der Waals surface area contributed by atoms with E-state index in [2.05, 4.69) is 4.90 Å². The predicted octanol–water partition coefficient (Wildman–Crippen LogP) is 6.36. The van der Waals surface area contributed by atoms with E-state index in [0.717, 1.165) is 43.4 Å². The molecule has 5 nitrogen and oxygen atoms in total. The van der Waals surface area contributed by atoms with E-state index in [4.69, 9.17) is 32.7 Å². The zero-order valence-corrected chi connectivity index (χ0v) is 20.6. The molecule has 0 bridgehead atoms. The summed E-state index contributed by atoms with van der Waals surface area (Å²) >= 11 is 12.5. The van der Waals surface area contributed by atoms with E-state index < -0.39 is 11.8 Å². The molecule has 2 aliphatic rings. The van der Waals surface area contributed by atoms with Crippen LogP contribution in [-0.4, -0.2) is 48.9 Å². The van der Waals surface area contributed by atoms with Gasteiger partial charge < -0.3 is 14.6 Å². The Hall–Kier alpha value is -1.57. The topological polar surface area (TPSA) is 59.0 Å². The van der Waals surface area contributed by atoms with Crippen molar-refractivity contribution in [1.82, 2.24) is 4.90 Å². The summed E-state index contributed by atoms with van der Waals surface area (Å²) in [4.78, 5) is 13.6. The largest absolute Gasteiger partial charge is 0.489 e. The molecule has 4 rings (SSSR count). The molecule has 1 saturated carbocycles. The SMILES string of the molecule is COC[C@@H](c1cc(Cl)cc(Cl)c1)N1CCC[C@@H](Oc2cc(F)c(C(=O)O)cc2C2CC2)C1.Cl. The van der Waals surface area contributed by atoms with Crippen molar-refractivity contribution in [2.45, 2.75) is 43.7 Å². The molecular weight excluding hydrogens is 492 g/mol. The molecule has 2 atom stereocenters. The second-order valence-corrected chi connectivity index (χ2v) is 9.37. The molecule has 1 aliphatic carbocycles. The Bertz CT molecular complexity index is 982. The Kier molecular flexibility index (Phi) is 8.87. The van der Waals surface area contributed by atoms with E-state index in [0.29, 0.717) is 28.9 Å². The van der Waals surface area contributed by atoms with Crippen LogP contribution in [0.3, 0.4) is 0 Å². The quantitative estimate of drug-likeness (QED) is 0.441. The van der Waals surface area contributed by atoms with Crippen molar-refractivity contribution >= 4 is 41.6 Å². The number of likely N-dealkylation sites (tertiary alicyclic amines) is 1. The van der Waals surface area contributed by atoms with Crippen LogP contribution in [-0.2, 0) is 4.74 Å². The van der Waals surface area contributed by atoms with Crippen molar-refractivity contribution in [2.24, 2.45) is 0 Å². The lowest BCUT2D eigenvalue weighted by Crippen LogP contribution is -2.44. The van der Waals surface area contributed by atoms with Gasteiger partial charge in [-0.2, -0.15) is 0 Å². The van der Waals surface area contributed by atoms with Crippen LogP contribution in [0.1, 0.15) is 59.1 Å². The van der Waals surface area contributed by atoms with Crippen molar-refractivity contribution in [1.29, 1.82) is 0 Å². The van der Waals surface area contributed by atoms with Crippen LogP contribution in [0.5, 0.6) is 5.75 Å². The number of halogens is 4. The van der Waals surface area contributed by atoms with Gasteiger partial charge in [-0.1, -0.05) is 23.2 Å². The second-order valence-electron chi connectivity index (χ2n) is 8.50. The number of nitrogens with zero attached hydrogens (tertiary/aromatic N) is 1. The van der Waals surface area contributed by atoms with Crippen LogP contribution in [0.25, 0.3) is 0 Å². The number of benzene rings is 2. The summed E-state index contributed by atoms with van der Waals surface area (Å²) in [5.74, 6) is -1.34. The van der Waals surface area contributed by atoms with Gasteiger partial charge in [0.05, 0.1) is 18.2 Å². The Morgan fingerprint density at radius 2 is 1.88 bits per heavy atom. The molecule has 0 amide bonds. The van der Waals surface area contributed by atoms with E-state index in [-0.39, 0.29) is 36.0 Å². The van der Waals surface area contributed by atoms with Crippen LogP contribution < -0.4 is 4.74 Å². The third-order valence-corrected chi connectivity index (χ3v) is 6.52. The maximum Gasteiger partial charge on any atom is 0.338 e. The van der Waals surface area contributed by atoms with E-state index >= 15 is 0 Å². The summed E-state index contributed by atoms with van der Waals surface area (Å²) in [6.07, 6.45) is 3.52. The molecule has 180 valence electrons. The number of hydrogen-bond acceptors (Lipinski definition) is 4. The normalized spacial score (nSPS) is 19.6. The smallest absolute Gasteiger partial charge is 0.338 e. The van der Waals surface area contributed by atoms with Crippen LogP contribution >= 0.6 is 35.6 Å². The zero-order chi connectivity index (χ0) is 22.8. The Labute approximate surface area is 209 Å². The van der Waals surface area contributed by atoms with E-state index in [1.165, 1.54) is 12.1 Å². The zero-order valence-electron chi connectivity index (χ0n) is 18.2. The number of hydrogen-bond donors (Lipinski definition) is 1. The van der Waals surface area contributed by atoms with Gasteiger partial charge in [0.15, 0.2) is 0 Å². The minimum Gasteiger partial charge on any atom is -0.489 e. The van der Waals surface area contributed by atoms with E-state index in [1.807, 2.05) is 12.1 Å². The molecule has 0 aromatic heterocycles. The van der Waals surface area contributed by atoms with Crippen LogP contribution in [0.15, 0.2) is 30.3 Å². The Balaban J connectivity index is 0.00000306. The lowest BCUT2D eigenvalue weighted by atomic mass is 10.0. The summed E-state index contributed by atoms with van der Waals surface area (Å²) in [6.45, 7) is 1.96. The van der Waals surface area contributed by atoms with Gasteiger partial charge in [-0.15, -0.1) is 12.4 Å². The van der Waals surface area contributed by atoms with Gasteiger partial charge >= 0.3 is 5.97 Å². The van der Waals surface area contributed by atoms with Crippen molar-refractivity contribution in [3.8, 4) is 5.75 Å². The van der Waals surface area contributed by atoms with Crippen molar-refractivity contribution in [3.05, 3.63) is 62.9 Å². The molecule has 2 aromatic carbocycles. The highest BCUT2D eigenvalue weighted by Crippen LogP contribution is 2.45. The molecule has 0 radical (unpaired) electrons. The number of aromatic carboxylic acids is 1.